The van der Waals surface area contributed by atoms with Crippen LogP contribution in [0, 0.1) is 0 Å². The van der Waals surface area contributed by atoms with Gasteiger partial charge in [-0.2, -0.15) is 0 Å². The zero-order valence-corrected chi connectivity index (χ0v) is 23.1. The minimum absolute atomic E-state index is 0. The second kappa shape index (κ2) is 17.7. The van der Waals surface area contributed by atoms with Crippen LogP contribution in [0.2, 0.25) is 0 Å². The number of hydrogen-bond acceptors (Lipinski definition) is 30. The maximum absolute atomic E-state index is 9.55. The van der Waals surface area contributed by atoms with Crippen LogP contribution in [-0.2, 0) is 132 Å². The summed E-state index contributed by atoms with van der Waals surface area (Å²) in [4.78, 5) is 57.3. The molecule has 6 heterocycles. The third-order valence-corrected chi connectivity index (χ3v) is 4.38. The summed E-state index contributed by atoms with van der Waals surface area (Å²) < 4.78 is 98.0. The van der Waals surface area contributed by atoms with Gasteiger partial charge in [0.1, 0.15) is 0 Å². The Labute approximate surface area is 227 Å². The van der Waals surface area contributed by atoms with Gasteiger partial charge < -0.3 is 29.4 Å². The Morgan fingerprint density at radius 1 is 0.289 bits per heavy atom. The molecule has 0 spiro atoms. The van der Waals surface area contributed by atoms with E-state index in [9.17, 15) is 56.8 Å². The first-order chi connectivity index (χ1) is 16.2. The number of hydrogen-bond donors (Lipinski definition) is 0. The molecule has 221 valence electrons. The van der Waals surface area contributed by atoms with Crippen molar-refractivity contribution < 1.29 is 180 Å². The van der Waals surface area contributed by atoms with E-state index in [1.807, 2.05) is 0 Å². The molecule has 0 aromatic rings. The fourth-order valence-electron chi connectivity index (χ4n) is 0.481. The van der Waals surface area contributed by atoms with E-state index in [1.54, 1.807) is 0 Å². The molecular weight excluding hydrogens is 724 g/mol. The summed E-state index contributed by atoms with van der Waals surface area (Å²) in [6.45, 7) is 0. The first kappa shape index (κ1) is 41.7. The van der Waals surface area contributed by atoms with Gasteiger partial charge in [-0.3, -0.25) is 27.4 Å². The second-order valence-corrected chi connectivity index (χ2v) is 11.1. The fourth-order valence-corrected chi connectivity index (χ4v) is 1.44. The quantitative estimate of drug-likeness (QED) is 0.127. The van der Waals surface area contributed by atoms with Gasteiger partial charge >= 0.3 is 65.8 Å². The largest absolute Gasteiger partial charge is 1.00 e. The van der Waals surface area contributed by atoms with Gasteiger partial charge in [0.2, 0.25) is 0 Å². The van der Waals surface area contributed by atoms with Crippen LogP contribution >= 0.6 is 46.9 Å². The van der Waals surface area contributed by atoms with E-state index in [2.05, 4.69) is 86.3 Å². The Hall–Kier alpha value is 1.60. The summed E-state index contributed by atoms with van der Waals surface area (Å²) >= 11 is 0. The summed E-state index contributed by atoms with van der Waals surface area (Å²) in [6, 6.07) is 0. The molecule has 6 aliphatic heterocycles. The van der Waals surface area contributed by atoms with E-state index in [4.69, 9.17) is 0 Å². The summed E-state index contributed by atoms with van der Waals surface area (Å²) in [5.74, 6) is 0. The summed E-state index contributed by atoms with van der Waals surface area (Å²) in [5.41, 5.74) is 0. The van der Waals surface area contributed by atoms with Gasteiger partial charge in [0, 0.05) is 18.6 Å². The number of phosphoric acid groups is 6. The Bertz CT molecular complexity index is 732. The molecule has 0 unspecified atom stereocenters. The zero-order valence-electron chi connectivity index (χ0n) is 16.4. The summed E-state index contributed by atoms with van der Waals surface area (Å²) in [6.07, 6.45) is 0. The Morgan fingerprint density at radius 3 is 0.342 bits per heavy atom. The Balaban J connectivity index is 0. The van der Waals surface area contributed by atoms with Crippen molar-refractivity contribution in [3.8, 4) is 0 Å². The molecule has 30 nitrogen and oxygen atoms in total. The molecule has 38 heteroatoms. The molecule has 0 aromatic carbocycles. The van der Waals surface area contributed by atoms with E-state index >= 15 is 0 Å². The van der Waals surface area contributed by atoms with Crippen LogP contribution < -0.4 is 48.2 Å². The molecule has 38 heavy (non-hydrogen) atoms. The average molecular weight is 724 g/mol. The van der Waals surface area contributed by atoms with E-state index in [-0.39, 0.29) is 37.4 Å². The first-order valence-corrected chi connectivity index (χ1v) is 15.1. The third kappa shape index (κ3) is 20.5. The predicted octanol–water partition coefficient (Wildman–Crippen LogP) is -6.91. The van der Waals surface area contributed by atoms with Crippen LogP contribution in [0.1, 0.15) is 0 Å². The summed E-state index contributed by atoms with van der Waals surface area (Å²) in [5, 5.41) is 20.2. The molecular formula is LiO30P6V-5. The van der Waals surface area contributed by atoms with Crippen LogP contribution in [0.3, 0.4) is 0 Å². The smallest absolute Gasteiger partial charge is 0.753 e. The van der Waals surface area contributed by atoms with E-state index in [1.165, 1.54) is 0 Å². The van der Waals surface area contributed by atoms with Crippen LogP contribution in [0.25, 0.3) is 0 Å². The first-order valence-electron chi connectivity index (χ1n) is 6.38. The van der Waals surface area contributed by atoms with Crippen LogP contribution in [0.5, 0.6) is 0 Å². The van der Waals surface area contributed by atoms with Crippen molar-refractivity contribution in [1.29, 1.82) is 0 Å². The maximum atomic E-state index is 9.55. The minimum Gasteiger partial charge on any atom is -0.753 e. The van der Waals surface area contributed by atoms with Gasteiger partial charge in [0.15, 0.2) is 0 Å². The summed E-state index contributed by atoms with van der Waals surface area (Å²) in [7, 11) is -23.6. The van der Waals surface area contributed by atoms with Gasteiger partial charge in [-0.25, -0.2) is 0 Å². The van der Waals surface area contributed by atoms with Crippen LogP contribution in [0.15, 0.2) is 0 Å². The Morgan fingerprint density at radius 2 is 0.342 bits per heavy atom. The second-order valence-electron chi connectivity index (χ2n) is 3.99. The average Bonchev–Trinajstić information content (AvgIpc) is 2.64. The molecule has 0 saturated carbocycles. The number of rotatable bonds is 0. The van der Waals surface area contributed by atoms with Gasteiger partial charge in [-0.05, 0) is 0 Å². The van der Waals surface area contributed by atoms with E-state index in [0.29, 0.717) is 0 Å². The van der Waals surface area contributed by atoms with Crippen molar-refractivity contribution >= 4 is 46.9 Å². The molecule has 6 rings (SSSR count). The van der Waals surface area contributed by atoms with Gasteiger partial charge in [0.05, 0.1) is 0 Å². The minimum atomic E-state index is -3.94. The van der Waals surface area contributed by atoms with Crippen molar-refractivity contribution in [2.24, 2.45) is 0 Å². The Kier molecular flexibility index (Phi) is 19.4. The molecule has 0 aromatic heterocycles. The topological polar surface area (TPSA) is 407 Å². The van der Waals surface area contributed by atoms with Crippen molar-refractivity contribution in [3.05, 3.63) is 0 Å². The SMILES string of the molecule is O=P1([O-])OOO1.O=P1([O-])OOO1.O=P1([O-])OOO1.O=P1([O-])OOO1.O=P1([O-])OOO1.O=P1([O-])OOO1.[Li+].[V]. The molecule has 0 amide bonds. The molecule has 6 saturated heterocycles. The molecule has 1 radical (unpaired) electrons. The molecule has 6 aliphatic rings. The van der Waals surface area contributed by atoms with Crippen molar-refractivity contribution in [3.63, 3.8) is 0 Å². The molecule has 0 N–H and O–H groups in total. The molecule has 0 aliphatic carbocycles. The van der Waals surface area contributed by atoms with Crippen LogP contribution in [0.4, 0.5) is 0 Å². The normalized spacial score (nSPS) is 27.3. The van der Waals surface area contributed by atoms with Gasteiger partial charge in [0.25, 0.3) is 0 Å². The van der Waals surface area contributed by atoms with Gasteiger partial charge in [-0.1, -0.05) is 30.2 Å². The van der Waals surface area contributed by atoms with E-state index in [0.717, 1.165) is 0 Å². The molecule has 6 fully saturated rings. The van der Waals surface area contributed by atoms with Crippen molar-refractivity contribution in [2.45, 2.75) is 0 Å². The van der Waals surface area contributed by atoms with Gasteiger partial charge in [-0.15, -0.1) is 56.1 Å². The van der Waals surface area contributed by atoms with Crippen molar-refractivity contribution in [1.82, 2.24) is 0 Å². The van der Waals surface area contributed by atoms with Crippen molar-refractivity contribution in [2.75, 3.05) is 0 Å². The standard InChI is InChI=1S/Li.6HO5P.V/c;6*1-6(2)4-3-5-6;/h;6*(H,1,2);/q+1;;;;;;;/p-6. The zero-order chi connectivity index (χ0) is 27.7. The van der Waals surface area contributed by atoms with E-state index < -0.39 is 46.9 Å². The predicted molar refractivity (Wildman–Crippen MR) is 65.2 cm³/mol. The monoisotopic (exact) mass is 724 g/mol. The third-order valence-electron chi connectivity index (χ3n) is 1.46. The molecule has 0 bridgehead atoms. The van der Waals surface area contributed by atoms with Crippen LogP contribution in [-0.4, -0.2) is 0 Å². The maximum Gasteiger partial charge on any atom is 1.00 e. The fraction of sp³-hybridized carbons (Fsp3) is 0. The molecule has 0 atom stereocenters.